The Bertz CT molecular complexity index is 1590. The minimum absolute atomic E-state index is 0.135. The van der Waals surface area contributed by atoms with E-state index < -0.39 is 23.9 Å². The zero-order chi connectivity index (χ0) is 28.2. The average molecular weight is 508 g/mol. The van der Waals surface area contributed by atoms with Crippen LogP contribution in [0, 0.1) is 22.7 Å². The van der Waals surface area contributed by atoms with E-state index in [2.05, 4.69) is 37.0 Å². The quantitative estimate of drug-likeness (QED) is 0.301. The zero-order valence-electron chi connectivity index (χ0n) is 23.0. The molecule has 0 spiro atoms. The molecule has 1 atom stereocenters. The van der Waals surface area contributed by atoms with E-state index in [4.69, 9.17) is 14.3 Å². The van der Waals surface area contributed by atoms with Crippen molar-refractivity contribution in [1.82, 2.24) is 25.0 Å². The van der Waals surface area contributed by atoms with Gasteiger partial charge >= 0.3 is 0 Å². The Morgan fingerprint density at radius 2 is 2.11 bits per heavy atom. The molecule has 0 radical (unpaired) electrons. The van der Waals surface area contributed by atoms with Crippen LogP contribution in [0.5, 0.6) is 0 Å². The average Bonchev–Trinajstić information content (AvgIpc) is 3.59. The molecule has 0 unspecified atom stereocenters. The summed E-state index contributed by atoms with van der Waals surface area (Å²) in [6, 6.07) is 6.40. The van der Waals surface area contributed by atoms with Gasteiger partial charge in [0, 0.05) is 32.7 Å². The Hall–Kier alpha value is -3.77. The second kappa shape index (κ2) is 9.36. The molecule has 1 aromatic carbocycles. The number of fused-ring (bicyclic) bond motifs is 1. The molecule has 1 saturated carbocycles. The molecular formula is C26H26ClFN8. The highest BCUT2D eigenvalue weighted by Crippen LogP contribution is 2.37. The van der Waals surface area contributed by atoms with Gasteiger partial charge in [-0.15, -0.1) is 5.10 Å². The molecule has 0 saturated heterocycles. The molecule has 0 amide bonds. The van der Waals surface area contributed by atoms with Gasteiger partial charge in [-0.1, -0.05) is 43.7 Å². The maximum Gasteiger partial charge on any atom is 0.212 e. The molecule has 8 nitrogen and oxygen atoms in total. The Labute approximate surface area is 217 Å². The fourth-order valence-electron chi connectivity index (χ4n) is 3.66. The Kier molecular flexibility index (Phi) is 5.31. The third-order valence-corrected chi connectivity index (χ3v) is 5.87. The molecule has 184 valence electrons. The topological polar surface area (TPSA) is 104 Å². The lowest BCUT2D eigenvalue weighted by Crippen LogP contribution is -2.20. The van der Waals surface area contributed by atoms with E-state index in [1.807, 2.05) is 0 Å². The lowest BCUT2D eigenvalue weighted by molar-refractivity contribution is 0.443. The number of pyridine rings is 2. The second-order valence-corrected chi connectivity index (χ2v) is 10.1. The highest BCUT2D eigenvalue weighted by molar-refractivity contribution is 6.35. The van der Waals surface area contributed by atoms with Gasteiger partial charge in [0.05, 0.1) is 41.4 Å². The molecule has 1 aliphatic carbocycles. The summed E-state index contributed by atoms with van der Waals surface area (Å²) in [7, 11) is 0. The highest BCUT2D eigenvalue weighted by Gasteiger charge is 2.27. The van der Waals surface area contributed by atoms with Crippen LogP contribution in [0.2, 0.25) is 5.02 Å². The van der Waals surface area contributed by atoms with Crippen molar-refractivity contribution < 1.29 is 8.50 Å². The van der Waals surface area contributed by atoms with E-state index in [1.54, 1.807) is 43.8 Å². The number of halogens is 2. The number of nitrogens with one attached hydrogen (secondary N) is 2. The van der Waals surface area contributed by atoms with Crippen molar-refractivity contribution in [2.24, 2.45) is 5.41 Å². The molecule has 3 aromatic heterocycles. The van der Waals surface area contributed by atoms with E-state index in [0.717, 1.165) is 12.8 Å². The first-order chi connectivity index (χ1) is 18.3. The van der Waals surface area contributed by atoms with Crippen LogP contribution in [0.3, 0.4) is 0 Å². The minimum atomic E-state index is -1.90. The van der Waals surface area contributed by atoms with Crippen molar-refractivity contribution in [3.05, 3.63) is 70.6 Å². The van der Waals surface area contributed by atoms with Crippen molar-refractivity contribution in [2.45, 2.75) is 45.7 Å². The summed E-state index contributed by atoms with van der Waals surface area (Å²) in [6.07, 6.45) is 6.24. The molecule has 3 heterocycles. The molecule has 5 rings (SSSR count). The van der Waals surface area contributed by atoms with E-state index >= 15 is 0 Å². The maximum absolute atomic E-state index is 13.7. The first-order valence-corrected chi connectivity index (χ1v) is 11.8. The predicted octanol–water partition coefficient (Wildman–Crippen LogP) is 5.88. The van der Waals surface area contributed by atoms with Crippen molar-refractivity contribution >= 4 is 33.9 Å². The zero-order valence-corrected chi connectivity index (χ0v) is 20.7. The van der Waals surface area contributed by atoms with Crippen LogP contribution in [0.1, 0.15) is 66.6 Å². The standard InChI is InChI=1S/C26H26ClFN8/c1-26(2,3)14-32-23-16(10-29)12-31-25-19(23)8-17(9-20(25)27)33-24(15-4-7-22(28)30-11-15)21-13-36(35-34-21)18-5-6-18/h4,7-9,11-13,18,24,33H,5-6,14H2,1-3H3,(H,31,32)/t24-/m0/s1/i14D2,24D. The summed E-state index contributed by atoms with van der Waals surface area (Å²) in [5, 5.41) is 24.9. The van der Waals surface area contributed by atoms with Crippen molar-refractivity contribution in [2.75, 3.05) is 17.1 Å². The summed E-state index contributed by atoms with van der Waals surface area (Å²) in [4.78, 5) is 8.06. The van der Waals surface area contributed by atoms with E-state index in [9.17, 15) is 11.0 Å². The van der Waals surface area contributed by atoms with Crippen LogP contribution in [0.15, 0.2) is 42.9 Å². The summed E-state index contributed by atoms with van der Waals surface area (Å²) in [6.45, 7) is 3.34. The molecule has 36 heavy (non-hydrogen) atoms. The van der Waals surface area contributed by atoms with Gasteiger partial charge in [-0.2, -0.15) is 9.65 Å². The van der Waals surface area contributed by atoms with Crippen molar-refractivity contribution in [3.8, 4) is 6.07 Å². The first kappa shape index (κ1) is 20.4. The van der Waals surface area contributed by atoms with Gasteiger partial charge in [0.15, 0.2) is 0 Å². The monoisotopic (exact) mass is 507 g/mol. The summed E-state index contributed by atoms with van der Waals surface area (Å²) >= 11 is 6.62. The lowest BCUT2D eigenvalue weighted by Gasteiger charge is -2.22. The number of aromatic nitrogens is 5. The molecule has 0 bridgehead atoms. The number of hydrogen-bond donors (Lipinski definition) is 2. The third kappa shape index (κ3) is 5.09. The number of benzene rings is 1. The molecule has 0 aliphatic heterocycles. The van der Waals surface area contributed by atoms with Gasteiger partial charge in [-0.25, -0.2) is 9.67 Å². The van der Waals surface area contributed by atoms with Gasteiger partial charge < -0.3 is 10.6 Å². The number of nitriles is 1. The number of rotatable bonds is 7. The van der Waals surface area contributed by atoms with E-state index in [0.29, 0.717) is 22.2 Å². The SMILES string of the molecule is [2H]C([2H])(Nc1c(C#N)cnc2c(Cl)cc(N[C@@]([2H])(c3ccc(F)nc3)c3cn(C4CC4)nn3)cc12)C(C)(C)C. The Morgan fingerprint density at radius 3 is 2.78 bits per heavy atom. The van der Waals surface area contributed by atoms with Gasteiger partial charge in [0.1, 0.15) is 11.8 Å². The number of hydrogen-bond acceptors (Lipinski definition) is 7. The molecule has 4 aromatic rings. The van der Waals surface area contributed by atoms with E-state index in [1.165, 1.54) is 24.5 Å². The van der Waals surface area contributed by atoms with Gasteiger partial charge in [0.25, 0.3) is 0 Å². The van der Waals surface area contributed by atoms with Gasteiger partial charge in [-0.3, -0.25) is 4.98 Å². The largest absolute Gasteiger partial charge is 0.383 e. The first-order valence-electron chi connectivity index (χ1n) is 13.0. The van der Waals surface area contributed by atoms with Gasteiger partial charge in [0.2, 0.25) is 5.95 Å². The van der Waals surface area contributed by atoms with Crippen molar-refractivity contribution in [3.63, 3.8) is 0 Å². The fraction of sp³-hybridized carbons (Fsp3) is 0.346. The van der Waals surface area contributed by atoms with Gasteiger partial charge in [-0.05, 0) is 42.0 Å². The number of anilines is 2. The Morgan fingerprint density at radius 1 is 1.31 bits per heavy atom. The highest BCUT2D eigenvalue weighted by atomic mass is 35.5. The van der Waals surface area contributed by atoms with Crippen molar-refractivity contribution in [1.29, 1.82) is 5.26 Å². The summed E-state index contributed by atoms with van der Waals surface area (Å²) in [5.41, 5.74) is 0.854. The second-order valence-electron chi connectivity index (χ2n) is 9.70. The fourth-order valence-corrected chi connectivity index (χ4v) is 3.93. The predicted molar refractivity (Wildman–Crippen MR) is 137 cm³/mol. The third-order valence-electron chi connectivity index (χ3n) is 5.58. The maximum atomic E-state index is 13.7. The van der Waals surface area contributed by atoms with Crippen LogP contribution < -0.4 is 10.6 Å². The van der Waals surface area contributed by atoms with Crippen LogP contribution in [0.25, 0.3) is 10.9 Å². The molecule has 10 heteroatoms. The molecule has 2 N–H and O–H groups in total. The van der Waals surface area contributed by atoms with Crippen LogP contribution in [-0.2, 0) is 0 Å². The summed E-state index contributed by atoms with van der Waals surface area (Å²) < 4.78 is 42.0. The lowest BCUT2D eigenvalue weighted by atomic mass is 9.96. The number of nitrogens with zero attached hydrogens (tertiary/aromatic N) is 6. The van der Waals surface area contributed by atoms with Crippen LogP contribution >= 0.6 is 11.6 Å². The van der Waals surface area contributed by atoms with Crippen LogP contribution in [0.4, 0.5) is 15.8 Å². The molecule has 1 fully saturated rings. The Balaban J connectivity index is 1.65. The molecule has 1 aliphatic rings. The minimum Gasteiger partial charge on any atom is -0.383 e. The van der Waals surface area contributed by atoms with E-state index in [-0.39, 0.29) is 28.0 Å². The molecular weight excluding hydrogens is 479 g/mol. The normalized spacial score (nSPS) is 16.9. The smallest absolute Gasteiger partial charge is 0.212 e. The van der Waals surface area contributed by atoms with Crippen LogP contribution in [-0.4, -0.2) is 31.5 Å². The summed E-state index contributed by atoms with van der Waals surface area (Å²) in [5.74, 6) is -0.685.